The number of benzene rings is 1. The van der Waals surface area contributed by atoms with E-state index in [0.29, 0.717) is 18.5 Å². The summed E-state index contributed by atoms with van der Waals surface area (Å²) in [5.74, 6) is 1.40. The van der Waals surface area contributed by atoms with Gasteiger partial charge in [-0.3, -0.25) is 9.79 Å². The zero-order valence-electron chi connectivity index (χ0n) is 17.9. The Labute approximate surface area is 192 Å². The van der Waals surface area contributed by atoms with E-state index >= 15 is 0 Å². The minimum atomic E-state index is -0.0686. The summed E-state index contributed by atoms with van der Waals surface area (Å²) in [5.41, 5.74) is 1.03. The number of aliphatic imine (C=N–C) groups is 1. The fraction of sp³-hybridized carbons (Fsp3) is 0.619. The first-order valence-corrected chi connectivity index (χ1v) is 10.2. The Morgan fingerprint density at radius 2 is 1.97 bits per heavy atom. The average Bonchev–Trinajstić information content (AvgIpc) is 2.73. The third-order valence-electron chi connectivity index (χ3n) is 5.14. The number of ether oxygens (including phenoxy) is 1. The van der Waals surface area contributed by atoms with Crippen molar-refractivity contribution in [2.24, 2.45) is 4.99 Å². The van der Waals surface area contributed by atoms with Gasteiger partial charge in [0.05, 0.1) is 13.7 Å². The van der Waals surface area contributed by atoms with Gasteiger partial charge < -0.3 is 25.6 Å². The predicted molar refractivity (Wildman–Crippen MR) is 129 cm³/mol. The molecule has 0 aliphatic carbocycles. The highest BCUT2D eigenvalue weighted by atomic mass is 127. The molecule has 1 amide bonds. The van der Waals surface area contributed by atoms with Crippen LogP contribution in [-0.4, -0.2) is 63.1 Å². The van der Waals surface area contributed by atoms with Crippen LogP contribution in [0.15, 0.2) is 29.3 Å². The number of nitrogens with zero attached hydrogens (tertiary/aromatic N) is 2. The maximum atomic E-state index is 12.0. The first-order valence-electron chi connectivity index (χ1n) is 10.2. The summed E-state index contributed by atoms with van der Waals surface area (Å²) in [6.07, 6.45) is 5.04. The summed E-state index contributed by atoms with van der Waals surface area (Å²) in [5, 5.41) is 9.25. The molecule has 1 unspecified atom stereocenters. The first-order chi connectivity index (χ1) is 13.6. The number of carbonyl (C=O) groups is 1. The smallest absolute Gasteiger partial charge is 0.239 e. The Morgan fingerprint density at radius 3 is 2.62 bits per heavy atom. The molecule has 164 valence electrons. The van der Waals surface area contributed by atoms with Crippen molar-refractivity contribution in [3.63, 3.8) is 0 Å². The molecule has 1 atom stereocenters. The Bertz CT molecular complexity index is 624. The molecule has 2 rings (SSSR count). The molecule has 0 aromatic heterocycles. The lowest BCUT2D eigenvalue weighted by Crippen LogP contribution is -2.44. The SMILES string of the molecule is CN=C(NCCCN1CCCCC1C)NCC(=O)NCc1ccc(OC)cc1.I. The zero-order chi connectivity index (χ0) is 20.2. The Balaban J connectivity index is 0.00000420. The van der Waals surface area contributed by atoms with E-state index in [9.17, 15) is 4.79 Å². The predicted octanol–water partition coefficient (Wildman–Crippen LogP) is 2.36. The molecule has 0 bridgehead atoms. The van der Waals surface area contributed by atoms with Crippen molar-refractivity contribution in [1.29, 1.82) is 0 Å². The van der Waals surface area contributed by atoms with Crippen LogP contribution in [0.1, 0.15) is 38.2 Å². The van der Waals surface area contributed by atoms with Crippen LogP contribution in [0.3, 0.4) is 0 Å². The number of piperidine rings is 1. The lowest BCUT2D eigenvalue weighted by atomic mass is 10.0. The highest BCUT2D eigenvalue weighted by Crippen LogP contribution is 2.16. The van der Waals surface area contributed by atoms with E-state index in [1.807, 2.05) is 24.3 Å². The second kappa shape index (κ2) is 14.4. The molecule has 1 aromatic carbocycles. The molecule has 1 aliphatic rings. The average molecular weight is 517 g/mol. The van der Waals surface area contributed by atoms with E-state index in [2.05, 4.69) is 32.8 Å². The van der Waals surface area contributed by atoms with Gasteiger partial charge in [-0.2, -0.15) is 0 Å². The van der Waals surface area contributed by atoms with Crippen LogP contribution < -0.4 is 20.7 Å². The molecule has 0 saturated carbocycles. The summed E-state index contributed by atoms with van der Waals surface area (Å²) >= 11 is 0. The number of rotatable bonds is 9. The van der Waals surface area contributed by atoms with Gasteiger partial charge in [0.1, 0.15) is 5.75 Å². The summed E-state index contributed by atoms with van der Waals surface area (Å²) in [6, 6.07) is 8.35. The van der Waals surface area contributed by atoms with E-state index in [-0.39, 0.29) is 36.4 Å². The van der Waals surface area contributed by atoms with E-state index in [1.54, 1.807) is 14.2 Å². The van der Waals surface area contributed by atoms with Gasteiger partial charge in [-0.25, -0.2) is 0 Å². The Hall–Kier alpha value is -1.55. The molecule has 8 heteroatoms. The fourth-order valence-electron chi connectivity index (χ4n) is 3.37. The maximum Gasteiger partial charge on any atom is 0.239 e. The monoisotopic (exact) mass is 517 g/mol. The minimum Gasteiger partial charge on any atom is -0.497 e. The second-order valence-electron chi connectivity index (χ2n) is 7.21. The Kier molecular flexibility index (Phi) is 12.7. The standard InChI is InChI=1S/C21H35N5O2.HI/c1-17-7-4-5-13-26(17)14-6-12-23-21(22-2)25-16-20(27)24-15-18-8-10-19(28-3)11-9-18;/h8-11,17H,4-7,12-16H2,1-3H3,(H,24,27)(H2,22,23,25);1H. The molecule has 1 fully saturated rings. The van der Waals surface area contributed by atoms with Gasteiger partial charge in [0.25, 0.3) is 0 Å². The lowest BCUT2D eigenvalue weighted by molar-refractivity contribution is -0.120. The number of likely N-dealkylation sites (tertiary alicyclic amines) is 1. The van der Waals surface area contributed by atoms with Crippen molar-refractivity contribution in [2.75, 3.05) is 40.3 Å². The van der Waals surface area contributed by atoms with Crippen LogP contribution in [0.4, 0.5) is 0 Å². The van der Waals surface area contributed by atoms with Crippen LogP contribution in [0.5, 0.6) is 5.75 Å². The highest BCUT2D eigenvalue weighted by molar-refractivity contribution is 14.0. The maximum absolute atomic E-state index is 12.0. The summed E-state index contributed by atoms with van der Waals surface area (Å²) in [4.78, 5) is 18.8. The van der Waals surface area contributed by atoms with E-state index < -0.39 is 0 Å². The number of hydrogen-bond acceptors (Lipinski definition) is 4. The van der Waals surface area contributed by atoms with Crippen molar-refractivity contribution < 1.29 is 9.53 Å². The van der Waals surface area contributed by atoms with Gasteiger partial charge in [-0.05, 0) is 50.4 Å². The molecule has 1 aromatic rings. The Morgan fingerprint density at radius 1 is 1.21 bits per heavy atom. The van der Waals surface area contributed by atoms with Gasteiger partial charge >= 0.3 is 0 Å². The number of halogens is 1. The van der Waals surface area contributed by atoms with Crippen molar-refractivity contribution in [3.8, 4) is 5.75 Å². The van der Waals surface area contributed by atoms with Gasteiger partial charge in [0, 0.05) is 32.7 Å². The summed E-state index contributed by atoms with van der Waals surface area (Å²) in [6.45, 7) is 6.16. The summed E-state index contributed by atoms with van der Waals surface area (Å²) < 4.78 is 5.13. The van der Waals surface area contributed by atoms with Crippen LogP contribution >= 0.6 is 24.0 Å². The van der Waals surface area contributed by atoms with Crippen LogP contribution in [0.25, 0.3) is 0 Å². The van der Waals surface area contributed by atoms with Crippen LogP contribution in [-0.2, 0) is 11.3 Å². The molecule has 0 radical (unpaired) electrons. The highest BCUT2D eigenvalue weighted by Gasteiger charge is 2.17. The van der Waals surface area contributed by atoms with Crippen LogP contribution in [0.2, 0.25) is 0 Å². The second-order valence-corrected chi connectivity index (χ2v) is 7.21. The first kappa shape index (κ1) is 25.5. The number of carbonyl (C=O) groups excluding carboxylic acids is 1. The largest absolute Gasteiger partial charge is 0.497 e. The van der Waals surface area contributed by atoms with Crippen LogP contribution in [0, 0.1) is 0 Å². The van der Waals surface area contributed by atoms with E-state index in [4.69, 9.17) is 4.74 Å². The number of guanidine groups is 1. The van der Waals surface area contributed by atoms with Gasteiger partial charge in [0.15, 0.2) is 5.96 Å². The number of amides is 1. The van der Waals surface area contributed by atoms with E-state index in [0.717, 1.165) is 30.8 Å². The zero-order valence-corrected chi connectivity index (χ0v) is 20.2. The molecule has 3 N–H and O–H groups in total. The van der Waals surface area contributed by atoms with Crippen molar-refractivity contribution in [2.45, 2.75) is 45.2 Å². The number of nitrogens with one attached hydrogen (secondary N) is 3. The van der Waals surface area contributed by atoms with Gasteiger partial charge in [0.2, 0.25) is 5.91 Å². The molecule has 7 nitrogen and oxygen atoms in total. The van der Waals surface area contributed by atoms with E-state index in [1.165, 1.54) is 25.8 Å². The molecule has 1 heterocycles. The molecule has 1 aliphatic heterocycles. The molecular weight excluding hydrogens is 481 g/mol. The van der Waals surface area contributed by atoms with Gasteiger partial charge in [-0.1, -0.05) is 18.6 Å². The molecule has 0 spiro atoms. The molecular formula is C21H36IN5O2. The quantitative estimate of drug-likeness (QED) is 0.203. The fourth-order valence-corrected chi connectivity index (χ4v) is 3.37. The van der Waals surface area contributed by atoms with Crippen molar-refractivity contribution >= 4 is 35.8 Å². The summed E-state index contributed by atoms with van der Waals surface area (Å²) in [7, 11) is 3.36. The van der Waals surface area contributed by atoms with Gasteiger partial charge in [-0.15, -0.1) is 24.0 Å². The lowest BCUT2D eigenvalue weighted by Gasteiger charge is -2.33. The molecule has 29 heavy (non-hydrogen) atoms. The number of hydrogen-bond donors (Lipinski definition) is 3. The number of methoxy groups -OCH3 is 1. The normalized spacial score (nSPS) is 17.2. The van der Waals surface area contributed by atoms with Crippen molar-refractivity contribution in [1.82, 2.24) is 20.9 Å². The van der Waals surface area contributed by atoms with Crippen molar-refractivity contribution in [3.05, 3.63) is 29.8 Å². The third kappa shape index (κ3) is 9.66. The topological polar surface area (TPSA) is 78.0 Å². The third-order valence-corrected chi connectivity index (χ3v) is 5.14. The minimum absolute atomic E-state index is 0. The molecule has 1 saturated heterocycles.